The number of benzene rings is 2. The quantitative estimate of drug-likeness (QED) is 0.520. The fraction of sp³-hybridized carbons (Fsp3) is 0.273. The van der Waals surface area contributed by atoms with Gasteiger partial charge in [-0.2, -0.15) is 0 Å². The van der Waals surface area contributed by atoms with Crippen LogP contribution in [-0.2, 0) is 9.59 Å². The topological polar surface area (TPSA) is 130 Å². The molecule has 10 heteroatoms. The Balaban J connectivity index is 1.66. The van der Waals surface area contributed by atoms with Crippen molar-refractivity contribution < 1.29 is 28.9 Å². The number of hydrogen-bond donors (Lipinski definition) is 3. The highest BCUT2D eigenvalue weighted by Gasteiger charge is 2.39. The van der Waals surface area contributed by atoms with E-state index in [1.165, 1.54) is 32.6 Å². The lowest BCUT2D eigenvalue weighted by Crippen LogP contribution is -2.26. The Morgan fingerprint density at radius 2 is 1.78 bits per heavy atom. The number of rotatable bonds is 8. The van der Waals surface area contributed by atoms with Crippen LogP contribution in [0.4, 0.5) is 5.69 Å². The number of phenolic OH excluding ortho intramolecular Hbond substituents is 1. The van der Waals surface area contributed by atoms with Crippen LogP contribution in [0.2, 0.25) is 0 Å². The van der Waals surface area contributed by atoms with Gasteiger partial charge in [-0.15, -0.1) is 0 Å². The molecule has 168 valence electrons. The molecule has 1 aliphatic rings. The van der Waals surface area contributed by atoms with Crippen LogP contribution in [0.5, 0.6) is 23.0 Å². The van der Waals surface area contributed by atoms with E-state index < -0.39 is 11.3 Å². The highest BCUT2D eigenvalue weighted by molar-refractivity contribution is 8.15. The van der Waals surface area contributed by atoms with Crippen LogP contribution in [0.1, 0.15) is 12.0 Å². The van der Waals surface area contributed by atoms with Crippen LogP contribution in [0.3, 0.4) is 0 Å². The lowest BCUT2D eigenvalue weighted by molar-refractivity contribution is -0.116. The summed E-state index contributed by atoms with van der Waals surface area (Å²) in [7, 11) is 4.37. The molecule has 1 heterocycles. The Labute approximate surface area is 189 Å². The zero-order chi connectivity index (χ0) is 23.3. The van der Waals surface area contributed by atoms with E-state index >= 15 is 0 Å². The number of aromatic hydroxyl groups is 1. The van der Waals surface area contributed by atoms with Crippen LogP contribution in [-0.4, -0.2) is 60.7 Å². The first-order valence-corrected chi connectivity index (χ1v) is 10.4. The van der Waals surface area contributed by atoms with Gasteiger partial charge in [0.15, 0.2) is 17.5 Å². The Hall–Kier alpha value is -3.53. The molecule has 0 radical (unpaired) electrons. The van der Waals surface area contributed by atoms with Crippen LogP contribution >= 0.6 is 11.8 Å². The maximum atomic E-state index is 12.4. The largest absolute Gasteiger partial charge is 0.502 e. The monoisotopic (exact) mass is 457 g/mol. The Bertz CT molecular complexity index is 1030. The maximum absolute atomic E-state index is 12.4. The molecule has 2 unspecified atom stereocenters. The van der Waals surface area contributed by atoms with E-state index in [2.05, 4.69) is 10.3 Å². The van der Waals surface area contributed by atoms with Gasteiger partial charge < -0.3 is 30.0 Å². The Morgan fingerprint density at radius 3 is 2.34 bits per heavy atom. The molecule has 9 nitrogen and oxygen atoms in total. The van der Waals surface area contributed by atoms with E-state index in [9.17, 15) is 14.7 Å². The number of hydrogen-bond acceptors (Lipinski definition) is 9. The minimum Gasteiger partial charge on any atom is -0.502 e. The third-order valence-corrected chi connectivity index (χ3v) is 5.90. The third-order valence-electron chi connectivity index (χ3n) is 4.74. The summed E-state index contributed by atoms with van der Waals surface area (Å²) in [6, 6.07) is 8.97. The van der Waals surface area contributed by atoms with Crippen LogP contribution in [0.25, 0.3) is 0 Å². The summed E-state index contributed by atoms with van der Waals surface area (Å²) in [5.41, 5.74) is 1.20. The number of methoxy groups -OCH3 is 3. The molecular formula is C22H23N3O6S. The number of carbonyl (C=O) groups excluding carboxylic acids is 2. The minimum atomic E-state index is -0.982. The number of thioether (sulfide) groups is 1. The van der Waals surface area contributed by atoms with Gasteiger partial charge in [0.1, 0.15) is 5.75 Å². The fourth-order valence-electron chi connectivity index (χ4n) is 3.07. The Kier molecular flexibility index (Phi) is 7.37. The van der Waals surface area contributed by atoms with Gasteiger partial charge >= 0.3 is 0 Å². The summed E-state index contributed by atoms with van der Waals surface area (Å²) in [4.78, 5) is 29.0. The second kappa shape index (κ2) is 10.2. The summed E-state index contributed by atoms with van der Waals surface area (Å²) in [5.74, 6) is 0.617. The molecule has 3 N–H and O–H groups in total. The van der Waals surface area contributed by atoms with Gasteiger partial charge in [-0.05, 0) is 42.0 Å². The van der Waals surface area contributed by atoms with Crippen LogP contribution in [0, 0.1) is 5.41 Å². The van der Waals surface area contributed by atoms with Gasteiger partial charge in [0, 0.05) is 18.3 Å². The van der Waals surface area contributed by atoms with Crippen molar-refractivity contribution in [1.82, 2.24) is 0 Å². The number of phenols is 1. The second-order valence-electron chi connectivity index (χ2n) is 6.82. The van der Waals surface area contributed by atoms with Gasteiger partial charge in [0.05, 0.1) is 32.3 Å². The maximum Gasteiger partial charge on any atom is 0.225 e. The van der Waals surface area contributed by atoms with E-state index in [1.807, 2.05) is 0 Å². The third kappa shape index (κ3) is 5.20. The molecule has 2 atom stereocenters. The molecule has 2 aromatic rings. The second-order valence-corrected chi connectivity index (χ2v) is 8.02. The zero-order valence-electron chi connectivity index (χ0n) is 17.7. The predicted octanol–water partition coefficient (Wildman–Crippen LogP) is 2.90. The molecule has 0 aliphatic carbocycles. The molecule has 0 aromatic heterocycles. The van der Waals surface area contributed by atoms with Crippen molar-refractivity contribution in [3.05, 3.63) is 42.0 Å². The van der Waals surface area contributed by atoms with E-state index in [4.69, 9.17) is 19.6 Å². The van der Waals surface area contributed by atoms with Gasteiger partial charge in [0.25, 0.3) is 0 Å². The average molecular weight is 458 g/mol. The summed E-state index contributed by atoms with van der Waals surface area (Å²) < 4.78 is 15.3. The van der Waals surface area contributed by atoms with E-state index in [0.29, 0.717) is 17.0 Å². The number of anilines is 1. The van der Waals surface area contributed by atoms with Crippen molar-refractivity contribution in [1.29, 1.82) is 5.41 Å². The van der Waals surface area contributed by atoms with Crippen molar-refractivity contribution in [2.75, 3.05) is 26.6 Å². The average Bonchev–Trinajstić information content (AvgIpc) is 3.05. The van der Waals surface area contributed by atoms with E-state index in [-0.39, 0.29) is 40.4 Å². The molecule has 3 rings (SSSR count). The SMILES string of the molecule is COc1ccc(NC(=O)CC2SC(=O)C(N=Cc3cc(OC)c(O)c(OC)c3)C2=N)cc1. The van der Waals surface area contributed by atoms with Crippen molar-refractivity contribution in [2.24, 2.45) is 4.99 Å². The number of nitrogens with zero attached hydrogens (tertiary/aromatic N) is 1. The van der Waals surface area contributed by atoms with E-state index in [0.717, 1.165) is 11.8 Å². The Morgan fingerprint density at radius 1 is 1.16 bits per heavy atom. The molecule has 1 amide bonds. The van der Waals surface area contributed by atoms with Gasteiger partial charge in [-0.3, -0.25) is 14.6 Å². The molecule has 0 bridgehead atoms. The first-order valence-electron chi connectivity index (χ1n) is 9.57. The van der Waals surface area contributed by atoms with Crippen molar-refractivity contribution in [2.45, 2.75) is 17.7 Å². The van der Waals surface area contributed by atoms with Crippen LogP contribution < -0.4 is 19.5 Å². The summed E-state index contributed by atoms with van der Waals surface area (Å²) >= 11 is 0.932. The van der Waals surface area contributed by atoms with Crippen molar-refractivity contribution in [3.8, 4) is 23.0 Å². The number of amides is 1. The minimum absolute atomic E-state index is 0.0197. The number of carbonyl (C=O) groups is 2. The number of ether oxygens (including phenoxy) is 3. The van der Waals surface area contributed by atoms with E-state index in [1.54, 1.807) is 31.4 Å². The van der Waals surface area contributed by atoms with Gasteiger partial charge in [-0.1, -0.05) is 11.8 Å². The zero-order valence-corrected chi connectivity index (χ0v) is 18.6. The lowest BCUT2D eigenvalue weighted by atomic mass is 10.1. The molecular weight excluding hydrogens is 434 g/mol. The van der Waals surface area contributed by atoms with Gasteiger partial charge in [-0.25, -0.2) is 0 Å². The molecule has 0 saturated carbocycles. The van der Waals surface area contributed by atoms with Crippen LogP contribution in [0.15, 0.2) is 41.4 Å². The molecule has 1 aliphatic heterocycles. The first-order chi connectivity index (χ1) is 15.4. The normalized spacial score (nSPS) is 18.1. The molecule has 2 aromatic carbocycles. The molecule has 0 spiro atoms. The molecule has 1 saturated heterocycles. The molecule has 1 fully saturated rings. The number of aliphatic imine (C=N–C) groups is 1. The summed E-state index contributed by atoms with van der Waals surface area (Å²) in [5, 5.41) is 20.2. The lowest BCUT2D eigenvalue weighted by Gasteiger charge is -2.11. The smallest absolute Gasteiger partial charge is 0.225 e. The fourth-order valence-corrected chi connectivity index (χ4v) is 4.16. The van der Waals surface area contributed by atoms with Gasteiger partial charge in [0.2, 0.25) is 16.8 Å². The standard InChI is InChI=1S/C22H23N3O6S/c1-29-14-6-4-13(5-7-14)25-18(26)10-17-19(23)20(22(28)32-17)24-11-12-8-15(30-2)21(27)16(9-12)31-3/h4-9,11,17,20,23,27H,10H2,1-3H3,(H,25,26). The number of nitrogens with one attached hydrogen (secondary N) is 2. The van der Waals surface area contributed by atoms with Crippen molar-refractivity contribution in [3.63, 3.8) is 0 Å². The summed E-state index contributed by atoms with van der Waals surface area (Å²) in [6.07, 6.45) is 1.40. The highest BCUT2D eigenvalue weighted by Crippen LogP contribution is 2.37. The summed E-state index contributed by atoms with van der Waals surface area (Å²) in [6.45, 7) is 0. The first kappa shape index (κ1) is 23.1. The predicted molar refractivity (Wildman–Crippen MR) is 123 cm³/mol. The molecule has 32 heavy (non-hydrogen) atoms. The highest BCUT2D eigenvalue weighted by atomic mass is 32.2. The van der Waals surface area contributed by atoms with Crippen molar-refractivity contribution >= 4 is 40.4 Å².